The molecule has 3 nitrogen and oxygen atoms in total. The molecule has 1 aliphatic rings. The van der Waals surface area contributed by atoms with Gasteiger partial charge in [-0.25, -0.2) is 4.98 Å². The topological polar surface area (TPSA) is 45.2 Å². The molecule has 0 aromatic carbocycles. The van der Waals surface area contributed by atoms with E-state index >= 15 is 0 Å². The summed E-state index contributed by atoms with van der Waals surface area (Å²) in [4.78, 5) is 4.65. The van der Waals surface area contributed by atoms with Gasteiger partial charge in [0.15, 0.2) is 0 Å². The summed E-state index contributed by atoms with van der Waals surface area (Å²) in [6.07, 6.45) is 2.66. The fourth-order valence-corrected chi connectivity index (χ4v) is 2.65. The van der Waals surface area contributed by atoms with Crippen LogP contribution in [0.2, 0.25) is 0 Å². The highest BCUT2D eigenvalue weighted by Gasteiger charge is 2.24. The Bertz CT molecular complexity index is 366. The Balaban J connectivity index is 2.00. The van der Waals surface area contributed by atoms with Crippen LogP contribution in [0.3, 0.4) is 0 Å². The number of aromatic nitrogens is 1. The molecule has 1 heterocycles. The SMILES string of the molecule is CC(C)(C)c1nc(C(CO)NCC2CC2)cs1. The second-order valence-electron chi connectivity index (χ2n) is 5.91. The van der Waals surface area contributed by atoms with Gasteiger partial charge in [0.25, 0.3) is 0 Å². The van der Waals surface area contributed by atoms with Gasteiger partial charge >= 0.3 is 0 Å². The zero-order valence-corrected chi connectivity index (χ0v) is 11.7. The maximum Gasteiger partial charge on any atom is 0.0982 e. The minimum atomic E-state index is 0.00273. The van der Waals surface area contributed by atoms with Crippen molar-refractivity contribution in [3.8, 4) is 0 Å². The second kappa shape index (κ2) is 5.04. The predicted molar refractivity (Wildman–Crippen MR) is 71.4 cm³/mol. The number of hydrogen-bond donors (Lipinski definition) is 2. The molecule has 17 heavy (non-hydrogen) atoms. The van der Waals surface area contributed by atoms with Crippen LogP contribution in [-0.4, -0.2) is 23.2 Å². The number of nitrogens with one attached hydrogen (secondary N) is 1. The van der Waals surface area contributed by atoms with Crippen LogP contribution in [0.5, 0.6) is 0 Å². The molecule has 0 bridgehead atoms. The van der Waals surface area contributed by atoms with Gasteiger partial charge in [-0.1, -0.05) is 20.8 Å². The first kappa shape index (κ1) is 13.0. The molecule has 0 saturated heterocycles. The zero-order chi connectivity index (χ0) is 12.5. The standard InChI is InChI=1S/C13H22N2OS/c1-13(2,3)12-15-11(8-17-12)10(7-16)14-6-9-4-5-9/h8-10,14,16H,4-7H2,1-3H3. The zero-order valence-electron chi connectivity index (χ0n) is 10.9. The van der Waals surface area contributed by atoms with Gasteiger partial charge in [0.2, 0.25) is 0 Å². The Kier molecular flexibility index (Phi) is 3.85. The van der Waals surface area contributed by atoms with E-state index in [0.717, 1.165) is 23.2 Å². The van der Waals surface area contributed by atoms with Crippen LogP contribution in [0, 0.1) is 5.92 Å². The van der Waals surface area contributed by atoms with Crippen molar-refractivity contribution in [3.05, 3.63) is 16.1 Å². The second-order valence-corrected chi connectivity index (χ2v) is 6.77. The summed E-state index contributed by atoms with van der Waals surface area (Å²) in [7, 11) is 0. The average Bonchev–Trinajstić information content (AvgIpc) is 2.93. The molecule has 1 aliphatic carbocycles. The van der Waals surface area contributed by atoms with Crippen LogP contribution in [0.4, 0.5) is 0 Å². The molecule has 1 atom stereocenters. The van der Waals surface area contributed by atoms with Gasteiger partial charge in [-0.05, 0) is 25.3 Å². The van der Waals surface area contributed by atoms with Crippen molar-refractivity contribution in [3.63, 3.8) is 0 Å². The molecule has 1 saturated carbocycles. The monoisotopic (exact) mass is 254 g/mol. The quantitative estimate of drug-likeness (QED) is 0.848. The van der Waals surface area contributed by atoms with Gasteiger partial charge in [-0.3, -0.25) is 0 Å². The number of hydrogen-bond acceptors (Lipinski definition) is 4. The first-order chi connectivity index (χ1) is 8.00. The van der Waals surface area contributed by atoms with E-state index in [1.807, 2.05) is 0 Å². The van der Waals surface area contributed by atoms with Gasteiger partial charge in [-0.15, -0.1) is 11.3 Å². The van der Waals surface area contributed by atoms with Crippen molar-refractivity contribution in [1.29, 1.82) is 0 Å². The highest BCUT2D eigenvalue weighted by Crippen LogP contribution is 2.30. The molecule has 96 valence electrons. The first-order valence-corrected chi connectivity index (χ1v) is 7.19. The third-order valence-corrected chi connectivity index (χ3v) is 4.34. The van der Waals surface area contributed by atoms with Crippen molar-refractivity contribution in [2.45, 2.75) is 45.1 Å². The molecule has 4 heteroatoms. The Hall–Kier alpha value is -0.450. The van der Waals surface area contributed by atoms with E-state index in [2.05, 4.69) is 36.5 Å². The van der Waals surface area contributed by atoms with Crippen molar-refractivity contribution in [1.82, 2.24) is 10.3 Å². The third-order valence-electron chi connectivity index (χ3n) is 3.05. The van der Waals surface area contributed by atoms with Crippen LogP contribution < -0.4 is 5.32 Å². The van der Waals surface area contributed by atoms with Crippen LogP contribution in [-0.2, 0) is 5.41 Å². The summed E-state index contributed by atoms with van der Waals surface area (Å²) >= 11 is 1.69. The Morgan fingerprint density at radius 2 is 2.24 bits per heavy atom. The maximum atomic E-state index is 9.43. The lowest BCUT2D eigenvalue weighted by atomic mass is 9.98. The predicted octanol–water partition coefficient (Wildman–Crippen LogP) is 2.47. The van der Waals surface area contributed by atoms with E-state index in [1.54, 1.807) is 11.3 Å². The Morgan fingerprint density at radius 3 is 2.71 bits per heavy atom. The summed E-state index contributed by atoms with van der Waals surface area (Å²) in [6.45, 7) is 7.64. The third kappa shape index (κ3) is 3.50. The first-order valence-electron chi connectivity index (χ1n) is 6.31. The van der Waals surface area contributed by atoms with Crippen molar-refractivity contribution in [2.75, 3.05) is 13.2 Å². The van der Waals surface area contributed by atoms with E-state index in [9.17, 15) is 5.11 Å². The van der Waals surface area contributed by atoms with Crippen LogP contribution in [0.1, 0.15) is 50.4 Å². The molecule has 1 aromatic rings. The average molecular weight is 254 g/mol. The van der Waals surface area contributed by atoms with Crippen LogP contribution in [0.15, 0.2) is 5.38 Å². The number of aliphatic hydroxyl groups excluding tert-OH is 1. The molecule has 1 fully saturated rings. The van der Waals surface area contributed by atoms with Gasteiger partial charge in [0, 0.05) is 10.8 Å². The smallest absolute Gasteiger partial charge is 0.0982 e. The van der Waals surface area contributed by atoms with E-state index in [4.69, 9.17) is 0 Å². The molecular formula is C13H22N2OS. The number of rotatable bonds is 5. The lowest BCUT2D eigenvalue weighted by Gasteiger charge is -2.16. The van der Waals surface area contributed by atoms with Crippen molar-refractivity contribution < 1.29 is 5.11 Å². The molecule has 0 amide bonds. The minimum Gasteiger partial charge on any atom is -0.394 e. The summed E-state index contributed by atoms with van der Waals surface area (Å²) in [6, 6.07) is 0.00273. The lowest BCUT2D eigenvalue weighted by Crippen LogP contribution is -2.27. The van der Waals surface area contributed by atoms with E-state index in [1.165, 1.54) is 12.8 Å². The van der Waals surface area contributed by atoms with E-state index < -0.39 is 0 Å². The van der Waals surface area contributed by atoms with Gasteiger partial charge < -0.3 is 10.4 Å². The molecule has 2 rings (SSSR count). The number of aliphatic hydroxyl groups is 1. The fourth-order valence-electron chi connectivity index (χ4n) is 1.68. The maximum absolute atomic E-state index is 9.43. The van der Waals surface area contributed by atoms with Crippen LogP contribution in [0.25, 0.3) is 0 Å². The molecule has 0 spiro atoms. The van der Waals surface area contributed by atoms with Crippen molar-refractivity contribution >= 4 is 11.3 Å². The highest BCUT2D eigenvalue weighted by atomic mass is 32.1. The molecule has 2 N–H and O–H groups in total. The molecular weight excluding hydrogens is 232 g/mol. The van der Waals surface area contributed by atoms with E-state index in [-0.39, 0.29) is 18.1 Å². The summed E-state index contributed by atoms with van der Waals surface area (Å²) < 4.78 is 0. The van der Waals surface area contributed by atoms with Gasteiger partial charge in [-0.2, -0.15) is 0 Å². The Labute approximate surface area is 107 Å². The van der Waals surface area contributed by atoms with Gasteiger partial charge in [0.05, 0.1) is 23.4 Å². The summed E-state index contributed by atoms with van der Waals surface area (Å²) in [5, 5.41) is 16.0. The molecule has 0 radical (unpaired) electrons. The number of nitrogens with zero attached hydrogens (tertiary/aromatic N) is 1. The van der Waals surface area contributed by atoms with Crippen LogP contribution >= 0.6 is 11.3 Å². The normalized spacial score (nSPS) is 18.4. The van der Waals surface area contributed by atoms with Crippen molar-refractivity contribution in [2.24, 2.45) is 5.92 Å². The summed E-state index contributed by atoms with van der Waals surface area (Å²) in [5.41, 5.74) is 1.09. The fraction of sp³-hybridized carbons (Fsp3) is 0.769. The minimum absolute atomic E-state index is 0.00273. The summed E-state index contributed by atoms with van der Waals surface area (Å²) in [5.74, 6) is 0.824. The lowest BCUT2D eigenvalue weighted by molar-refractivity contribution is 0.241. The molecule has 1 aromatic heterocycles. The largest absolute Gasteiger partial charge is 0.394 e. The van der Waals surface area contributed by atoms with Gasteiger partial charge in [0.1, 0.15) is 0 Å². The molecule has 0 aliphatic heterocycles. The molecule has 1 unspecified atom stereocenters. The van der Waals surface area contributed by atoms with E-state index in [0.29, 0.717) is 0 Å². The highest BCUT2D eigenvalue weighted by molar-refractivity contribution is 7.09. The number of thiazole rings is 1. The Morgan fingerprint density at radius 1 is 1.53 bits per heavy atom.